The third kappa shape index (κ3) is 4.93. The number of hydrogen-bond donors (Lipinski definition) is 1. The molecule has 0 bridgehead atoms. The molecule has 1 aliphatic heterocycles. The van der Waals surface area contributed by atoms with Crippen LogP contribution in [0, 0.1) is 5.82 Å². The number of hydrogen-bond acceptors (Lipinski definition) is 6. The molecule has 3 rings (SSSR count). The monoisotopic (exact) mass is 462 g/mol. The lowest BCUT2D eigenvalue weighted by atomic mass is 10.1. The van der Waals surface area contributed by atoms with Crippen LogP contribution in [0.3, 0.4) is 0 Å². The average Bonchev–Trinajstić information content (AvgIpc) is 3.01. The van der Waals surface area contributed by atoms with E-state index in [0.29, 0.717) is 10.7 Å². The van der Waals surface area contributed by atoms with E-state index in [1.807, 2.05) is 0 Å². The highest BCUT2D eigenvalue weighted by Gasteiger charge is 2.48. The van der Waals surface area contributed by atoms with Crippen LogP contribution < -0.4 is 9.50 Å². The Balaban J connectivity index is 1.71. The molecule has 0 aromatic heterocycles. The maximum Gasteiger partial charge on any atom is 0.534 e. The van der Waals surface area contributed by atoms with E-state index in [2.05, 4.69) is 14.5 Å². The lowest BCUT2D eigenvalue weighted by molar-refractivity contribution is -0.118. The first kappa shape index (κ1) is 22.1. The number of nitrogens with zero attached hydrogens (tertiary/aromatic N) is 1. The van der Waals surface area contributed by atoms with Crippen LogP contribution in [-0.2, 0) is 14.9 Å². The highest BCUT2D eigenvalue weighted by molar-refractivity contribution is 8.15. The van der Waals surface area contributed by atoms with Gasteiger partial charge in [0.05, 0.1) is 6.04 Å². The Bertz CT molecular complexity index is 1070. The van der Waals surface area contributed by atoms with Gasteiger partial charge in [-0.2, -0.15) is 21.6 Å². The van der Waals surface area contributed by atoms with Crippen LogP contribution in [0.1, 0.15) is 29.3 Å². The summed E-state index contributed by atoms with van der Waals surface area (Å²) in [5.74, 6) is -1.29. The largest absolute Gasteiger partial charge is 0.534 e. The first-order valence-electron chi connectivity index (χ1n) is 8.38. The van der Waals surface area contributed by atoms with Gasteiger partial charge in [-0.15, -0.1) is 0 Å². The number of carbonyl (C=O) groups is 1. The molecule has 2 aromatic rings. The number of aliphatic imine (C=N–C) groups is 1. The van der Waals surface area contributed by atoms with Gasteiger partial charge in [0.15, 0.2) is 5.17 Å². The van der Waals surface area contributed by atoms with E-state index in [0.717, 1.165) is 29.5 Å². The summed E-state index contributed by atoms with van der Waals surface area (Å²) in [5, 5.41) is 2.22. The predicted octanol–water partition coefficient (Wildman–Crippen LogP) is 4.08. The fraction of sp³-hybridized carbons (Fsp3) is 0.222. The number of halogens is 4. The number of alkyl halides is 3. The summed E-state index contributed by atoms with van der Waals surface area (Å²) in [6.45, 7) is 1.77. The van der Waals surface area contributed by atoms with Crippen molar-refractivity contribution in [3.05, 3.63) is 65.5 Å². The fourth-order valence-corrected chi connectivity index (χ4v) is 4.03. The smallest absolute Gasteiger partial charge is 0.376 e. The zero-order valence-electron chi connectivity index (χ0n) is 15.2. The van der Waals surface area contributed by atoms with Gasteiger partial charge < -0.3 is 9.50 Å². The van der Waals surface area contributed by atoms with Gasteiger partial charge >= 0.3 is 15.6 Å². The molecule has 1 saturated heterocycles. The predicted molar refractivity (Wildman–Crippen MR) is 103 cm³/mol. The summed E-state index contributed by atoms with van der Waals surface area (Å²) in [6, 6.07) is 10.1. The van der Waals surface area contributed by atoms with Crippen LogP contribution in [0.2, 0.25) is 0 Å². The zero-order valence-corrected chi connectivity index (χ0v) is 16.8. The van der Waals surface area contributed by atoms with Gasteiger partial charge in [-0.1, -0.05) is 36.0 Å². The molecule has 1 aliphatic rings. The summed E-state index contributed by atoms with van der Waals surface area (Å²) in [6.07, 6.45) is 0. The Hall–Kier alpha value is -2.60. The zero-order chi connectivity index (χ0) is 22.1. The second-order valence-electron chi connectivity index (χ2n) is 6.20. The van der Waals surface area contributed by atoms with Crippen molar-refractivity contribution in [3.8, 4) is 5.75 Å². The van der Waals surface area contributed by atoms with E-state index < -0.39 is 26.6 Å². The molecule has 0 spiro atoms. The molecule has 12 heteroatoms. The third-order valence-electron chi connectivity index (χ3n) is 4.03. The summed E-state index contributed by atoms with van der Waals surface area (Å²) >= 11 is 1.10. The lowest BCUT2D eigenvalue weighted by Crippen LogP contribution is -2.28. The molecular weight excluding hydrogens is 448 g/mol. The van der Waals surface area contributed by atoms with E-state index >= 15 is 0 Å². The van der Waals surface area contributed by atoms with E-state index in [-0.39, 0.29) is 17.8 Å². The molecule has 1 fully saturated rings. The molecule has 0 saturated carbocycles. The number of nitrogens with one attached hydrogen (secondary N) is 1. The third-order valence-corrected chi connectivity index (χ3v) is 6.16. The summed E-state index contributed by atoms with van der Waals surface area (Å²) in [7, 11) is -5.77. The van der Waals surface area contributed by atoms with Crippen molar-refractivity contribution in [2.24, 2.45) is 4.99 Å². The minimum absolute atomic E-state index is 0.335. The van der Waals surface area contributed by atoms with Crippen LogP contribution in [0.25, 0.3) is 0 Å². The summed E-state index contributed by atoms with van der Waals surface area (Å²) in [5.41, 5.74) is -4.37. The molecule has 1 amide bonds. The van der Waals surface area contributed by atoms with Crippen LogP contribution in [0.5, 0.6) is 5.75 Å². The highest BCUT2D eigenvalue weighted by atomic mass is 32.2. The van der Waals surface area contributed by atoms with Crippen molar-refractivity contribution < 1.29 is 35.0 Å². The van der Waals surface area contributed by atoms with Crippen LogP contribution in [0.4, 0.5) is 17.6 Å². The number of benzene rings is 2. The van der Waals surface area contributed by atoms with Crippen molar-refractivity contribution in [3.63, 3.8) is 0 Å². The quantitative estimate of drug-likeness (QED) is 0.411. The molecule has 2 aromatic carbocycles. The number of amidine groups is 1. The van der Waals surface area contributed by atoms with Crippen LogP contribution in [0.15, 0.2) is 53.5 Å². The topological polar surface area (TPSA) is 84.8 Å². The van der Waals surface area contributed by atoms with Crippen molar-refractivity contribution in [1.29, 1.82) is 0 Å². The van der Waals surface area contributed by atoms with Crippen molar-refractivity contribution in [2.45, 2.75) is 23.7 Å². The van der Waals surface area contributed by atoms with Gasteiger partial charge in [0, 0.05) is 0 Å². The maximum absolute atomic E-state index is 13.0. The van der Waals surface area contributed by atoms with Gasteiger partial charge in [0.25, 0.3) is 0 Å². The highest BCUT2D eigenvalue weighted by Crippen LogP contribution is 2.36. The Kier molecular flexibility index (Phi) is 6.09. The normalized spacial score (nSPS) is 19.6. The molecule has 6 nitrogen and oxygen atoms in total. The minimum atomic E-state index is -5.77. The van der Waals surface area contributed by atoms with Crippen LogP contribution >= 0.6 is 11.8 Å². The van der Waals surface area contributed by atoms with Gasteiger partial charge in [0.2, 0.25) is 5.91 Å². The second kappa shape index (κ2) is 8.26. The molecule has 0 radical (unpaired) electrons. The molecule has 0 aliphatic carbocycles. The lowest BCUT2D eigenvalue weighted by Gasteiger charge is -2.11. The Labute approximate surface area is 173 Å². The van der Waals surface area contributed by atoms with Gasteiger partial charge in [-0.25, -0.2) is 4.39 Å². The number of carbonyl (C=O) groups excluding carboxylic acids is 1. The van der Waals surface area contributed by atoms with E-state index in [1.165, 1.54) is 24.3 Å². The molecule has 1 N–H and O–H groups in total. The van der Waals surface area contributed by atoms with Gasteiger partial charge in [-0.05, 0) is 42.3 Å². The Morgan fingerprint density at radius 2 is 1.70 bits per heavy atom. The molecule has 1 heterocycles. The van der Waals surface area contributed by atoms with E-state index in [9.17, 15) is 30.8 Å². The molecule has 2 atom stereocenters. The van der Waals surface area contributed by atoms with Crippen molar-refractivity contribution in [1.82, 2.24) is 5.32 Å². The number of amides is 1. The molecular formula is C18H14F4N2O4S2. The fourth-order valence-electron chi connectivity index (χ4n) is 2.51. The molecule has 0 unspecified atom stereocenters. The molecule has 160 valence electrons. The van der Waals surface area contributed by atoms with Crippen molar-refractivity contribution in [2.75, 3.05) is 0 Å². The maximum atomic E-state index is 13.0. The second-order valence-corrected chi connectivity index (χ2v) is 8.83. The summed E-state index contributed by atoms with van der Waals surface area (Å²) in [4.78, 5) is 16.6. The average molecular weight is 462 g/mol. The van der Waals surface area contributed by atoms with Gasteiger partial charge in [-0.3, -0.25) is 9.79 Å². The number of thioether (sulfide) groups is 1. The number of rotatable bonds is 5. The Morgan fingerprint density at radius 3 is 2.27 bits per heavy atom. The van der Waals surface area contributed by atoms with E-state index in [1.54, 1.807) is 19.1 Å². The summed E-state index contributed by atoms with van der Waals surface area (Å²) < 4.78 is 76.3. The standard InChI is InChI=1S/C18H14F4N2O4S2/c1-10(11-2-6-13(19)7-3-11)23-17-24-16(25)15(29-17)12-4-8-14(9-5-12)28-30(26,27)18(20,21)22/h2-10,15H,1H3,(H,23,24,25)/t10-,15+/m0/s1. The molecule has 30 heavy (non-hydrogen) atoms. The minimum Gasteiger partial charge on any atom is -0.376 e. The first-order valence-corrected chi connectivity index (χ1v) is 10.7. The van der Waals surface area contributed by atoms with E-state index in [4.69, 9.17) is 0 Å². The SMILES string of the molecule is C[C@H](N=C1NC(=O)[C@@H](c2ccc(OS(=O)(=O)C(F)(F)F)cc2)S1)c1ccc(F)cc1. The first-order chi connectivity index (χ1) is 14.0. The van der Waals surface area contributed by atoms with Crippen LogP contribution in [-0.4, -0.2) is 25.0 Å². The van der Waals surface area contributed by atoms with Gasteiger partial charge in [0.1, 0.15) is 16.8 Å². The Morgan fingerprint density at radius 1 is 1.10 bits per heavy atom. The van der Waals surface area contributed by atoms with Crippen molar-refractivity contribution >= 4 is 33.0 Å².